The predicted molar refractivity (Wildman–Crippen MR) is 103 cm³/mol. The Labute approximate surface area is 147 Å². The lowest BCUT2D eigenvalue weighted by Crippen LogP contribution is -2.23. The molecule has 0 radical (unpaired) electrons. The minimum absolute atomic E-state index is 0.0934. The minimum Gasteiger partial charge on any atom is -0.304 e. The highest BCUT2D eigenvalue weighted by Gasteiger charge is 2.21. The van der Waals surface area contributed by atoms with Crippen molar-refractivity contribution in [3.63, 3.8) is 0 Å². The van der Waals surface area contributed by atoms with Crippen molar-refractivity contribution in [1.29, 1.82) is 0 Å². The van der Waals surface area contributed by atoms with Gasteiger partial charge in [0, 0.05) is 12.4 Å². The molecule has 0 saturated carbocycles. The highest BCUT2D eigenvalue weighted by Crippen LogP contribution is 2.35. The van der Waals surface area contributed by atoms with Crippen LogP contribution in [-0.2, 0) is 0 Å². The molecule has 0 bridgehead atoms. The Balaban J connectivity index is 1.87. The van der Waals surface area contributed by atoms with Crippen molar-refractivity contribution >= 4 is 22.4 Å². The molecule has 0 spiro atoms. The molecule has 0 amide bonds. The summed E-state index contributed by atoms with van der Waals surface area (Å²) in [7, 11) is 0. The first kappa shape index (κ1) is 15.3. The second-order valence-electron chi connectivity index (χ2n) is 5.99. The van der Waals surface area contributed by atoms with Gasteiger partial charge in [-0.05, 0) is 47.5 Å². The van der Waals surface area contributed by atoms with Crippen molar-refractivity contribution in [3.8, 4) is 0 Å². The van der Waals surface area contributed by atoms with Gasteiger partial charge in [0.2, 0.25) is 0 Å². The van der Waals surface area contributed by atoms with Gasteiger partial charge in [0.05, 0.1) is 6.04 Å². The van der Waals surface area contributed by atoms with Crippen molar-refractivity contribution in [1.82, 2.24) is 9.97 Å². The van der Waals surface area contributed by atoms with Crippen LogP contribution in [0.25, 0.3) is 10.8 Å². The molecule has 0 N–H and O–H groups in total. The standard InChI is InChI=1S/C22H19N3/c1-17(19-12-8-10-18-9-2-3-11-20(18)19)25(21-13-4-6-15-23-21)22-14-5-7-16-24-22/h2-17H,1H3. The highest BCUT2D eigenvalue weighted by molar-refractivity contribution is 5.86. The first-order valence-corrected chi connectivity index (χ1v) is 8.43. The quantitative estimate of drug-likeness (QED) is 0.494. The molecule has 2 aromatic heterocycles. The molecule has 0 saturated heterocycles. The molecule has 4 rings (SSSR count). The van der Waals surface area contributed by atoms with Crippen LogP contribution < -0.4 is 4.90 Å². The summed E-state index contributed by atoms with van der Waals surface area (Å²) in [5.41, 5.74) is 1.26. The van der Waals surface area contributed by atoms with Gasteiger partial charge < -0.3 is 4.90 Å². The molecule has 0 fully saturated rings. The Morgan fingerprint density at radius 2 is 1.28 bits per heavy atom. The maximum atomic E-state index is 4.57. The fourth-order valence-corrected chi connectivity index (χ4v) is 3.26. The molecular formula is C22H19N3. The van der Waals surface area contributed by atoms with Crippen LogP contribution in [0.1, 0.15) is 18.5 Å². The number of fused-ring (bicyclic) bond motifs is 1. The van der Waals surface area contributed by atoms with Crippen molar-refractivity contribution in [2.45, 2.75) is 13.0 Å². The molecular weight excluding hydrogens is 306 g/mol. The zero-order valence-corrected chi connectivity index (χ0v) is 14.1. The number of aromatic nitrogens is 2. The Morgan fingerprint density at radius 1 is 0.680 bits per heavy atom. The zero-order chi connectivity index (χ0) is 17.1. The van der Waals surface area contributed by atoms with Crippen LogP contribution in [-0.4, -0.2) is 9.97 Å². The number of anilines is 2. The summed E-state index contributed by atoms with van der Waals surface area (Å²) in [6.45, 7) is 2.20. The Morgan fingerprint density at radius 3 is 1.92 bits per heavy atom. The van der Waals surface area contributed by atoms with Gasteiger partial charge in [-0.25, -0.2) is 9.97 Å². The smallest absolute Gasteiger partial charge is 0.134 e. The van der Waals surface area contributed by atoms with Crippen molar-refractivity contribution in [2.24, 2.45) is 0 Å². The molecule has 2 heterocycles. The van der Waals surface area contributed by atoms with Gasteiger partial charge in [-0.2, -0.15) is 0 Å². The van der Waals surface area contributed by atoms with E-state index in [9.17, 15) is 0 Å². The highest BCUT2D eigenvalue weighted by atomic mass is 15.3. The molecule has 0 aliphatic heterocycles. The van der Waals surface area contributed by atoms with E-state index in [0.717, 1.165) is 11.6 Å². The predicted octanol–water partition coefficient (Wildman–Crippen LogP) is 5.53. The Bertz CT molecular complexity index is 923. The SMILES string of the molecule is CC(c1cccc2ccccc12)N(c1ccccn1)c1ccccn1. The number of benzene rings is 2. The van der Waals surface area contributed by atoms with Crippen molar-refractivity contribution < 1.29 is 0 Å². The molecule has 3 heteroatoms. The number of nitrogens with zero attached hydrogens (tertiary/aromatic N) is 3. The van der Waals surface area contributed by atoms with E-state index in [1.165, 1.54) is 16.3 Å². The molecule has 25 heavy (non-hydrogen) atoms. The average Bonchev–Trinajstić information content (AvgIpc) is 2.69. The third kappa shape index (κ3) is 2.96. The third-order valence-corrected chi connectivity index (χ3v) is 4.45. The molecule has 1 atom stereocenters. The summed E-state index contributed by atoms with van der Waals surface area (Å²) in [5.74, 6) is 1.78. The first-order chi connectivity index (χ1) is 12.3. The molecule has 2 aromatic carbocycles. The van der Waals surface area contributed by atoms with Gasteiger partial charge in [-0.1, -0.05) is 54.6 Å². The second kappa shape index (κ2) is 6.73. The zero-order valence-electron chi connectivity index (χ0n) is 14.1. The number of hydrogen-bond acceptors (Lipinski definition) is 3. The average molecular weight is 325 g/mol. The van der Waals surface area contributed by atoms with Crippen LogP contribution in [0.5, 0.6) is 0 Å². The van der Waals surface area contributed by atoms with Crippen LogP contribution in [0.4, 0.5) is 11.6 Å². The summed E-state index contributed by atoms with van der Waals surface area (Å²) >= 11 is 0. The van der Waals surface area contributed by atoms with Crippen LogP contribution in [0.2, 0.25) is 0 Å². The molecule has 122 valence electrons. The van der Waals surface area contributed by atoms with Gasteiger partial charge >= 0.3 is 0 Å². The summed E-state index contributed by atoms with van der Waals surface area (Å²) in [6.07, 6.45) is 3.64. The summed E-state index contributed by atoms with van der Waals surface area (Å²) in [4.78, 5) is 11.3. The fourth-order valence-electron chi connectivity index (χ4n) is 3.26. The lowest BCUT2D eigenvalue weighted by Gasteiger charge is -2.30. The van der Waals surface area contributed by atoms with Gasteiger partial charge in [0.1, 0.15) is 11.6 Å². The van der Waals surface area contributed by atoms with E-state index in [1.807, 2.05) is 48.8 Å². The van der Waals surface area contributed by atoms with Gasteiger partial charge in [-0.15, -0.1) is 0 Å². The third-order valence-electron chi connectivity index (χ3n) is 4.45. The van der Waals surface area contributed by atoms with E-state index in [2.05, 4.69) is 64.3 Å². The Hall–Kier alpha value is -3.20. The topological polar surface area (TPSA) is 29.0 Å². The Kier molecular flexibility index (Phi) is 4.13. The molecule has 4 aromatic rings. The molecule has 3 nitrogen and oxygen atoms in total. The summed E-state index contributed by atoms with van der Waals surface area (Å²) in [5, 5.41) is 2.50. The normalized spacial score (nSPS) is 12.0. The van der Waals surface area contributed by atoms with E-state index in [1.54, 1.807) is 0 Å². The number of hydrogen-bond donors (Lipinski definition) is 0. The number of pyridine rings is 2. The monoisotopic (exact) mass is 325 g/mol. The van der Waals surface area contributed by atoms with Gasteiger partial charge in [-0.3, -0.25) is 0 Å². The van der Waals surface area contributed by atoms with Gasteiger partial charge in [0.25, 0.3) is 0 Å². The maximum absolute atomic E-state index is 4.57. The summed E-state index contributed by atoms with van der Waals surface area (Å²) < 4.78 is 0. The van der Waals surface area contributed by atoms with Crippen molar-refractivity contribution in [2.75, 3.05) is 4.90 Å². The van der Waals surface area contributed by atoms with Crippen LogP contribution in [0, 0.1) is 0 Å². The number of rotatable bonds is 4. The van der Waals surface area contributed by atoms with Crippen LogP contribution >= 0.6 is 0 Å². The van der Waals surface area contributed by atoms with Crippen LogP contribution in [0.15, 0.2) is 91.3 Å². The second-order valence-corrected chi connectivity index (χ2v) is 5.99. The lowest BCUT2D eigenvalue weighted by molar-refractivity contribution is 0.758. The molecule has 0 aliphatic rings. The van der Waals surface area contributed by atoms with E-state index in [4.69, 9.17) is 0 Å². The fraction of sp³-hybridized carbons (Fsp3) is 0.0909. The van der Waals surface area contributed by atoms with E-state index >= 15 is 0 Å². The van der Waals surface area contributed by atoms with E-state index < -0.39 is 0 Å². The van der Waals surface area contributed by atoms with Crippen LogP contribution in [0.3, 0.4) is 0 Å². The van der Waals surface area contributed by atoms with Gasteiger partial charge in [0.15, 0.2) is 0 Å². The van der Waals surface area contributed by atoms with E-state index in [0.29, 0.717) is 0 Å². The lowest BCUT2D eigenvalue weighted by atomic mass is 9.98. The molecule has 0 aliphatic carbocycles. The van der Waals surface area contributed by atoms with E-state index in [-0.39, 0.29) is 6.04 Å². The largest absolute Gasteiger partial charge is 0.304 e. The first-order valence-electron chi connectivity index (χ1n) is 8.43. The minimum atomic E-state index is 0.0934. The van der Waals surface area contributed by atoms with Crippen molar-refractivity contribution in [3.05, 3.63) is 96.8 Å². The summed E-state index contributed by atoms with van der Waals surface area (Å²) in [6, 6.07) is 27.0. The maximum Gasteiger partial charge on any atom is 0.134 e. The molecule has 1 unspecified atom stereocenters.